The van der Waals surface area contributed by atoms with Crippen LogP contribution in [0.25, 0.3) is 0 Å². The second-order valence-electron chi connectivity index (χ2n) is 5.79. The molecule has 0 atom stereocenters. The van der Waals surface area contributed by atoms with Crippen LogP contribution in [-0.4, -0.2) is 30.9 Å². The van der Waals surface area contributed by atoms with Crippen LogP contribution in [0, 0.1) is 0 Å². The Morgan fingerprint density at radius 3 is 1.55 bits per heavy atom. The maximum atomic E-state index is 11.3. The molecule has 0 aliphatic rings. The lowest BCUT2D eigenvalue weighted by Gasteiger charge is -2.21. The van der Waals surface area contributed by atoms with Crippen molar-refractivity contribution < 1.29 is 34.3 Å². The lowest BCUT2D eigenvalue weighted by atomic mass is 9.87. The minimum absolute atomic E-state index is 0.188. The van der Waals surface area contributed by atoms with Crippen molar-refractivity contribution in [2.75, 3.05) is 0 Å². The Labute approximate surface area is 167 Å². The molecule has 0 spiro atoms. The first kappa shape index (κ1) is 20.7. The van der Waals surface area contributed by atoms with Gasteiger partial charge in [0.2, 0.25) is 0 Å². The Kier molecular flexibility index (Phi) is 5.84. The molecule has 0 radical (unpaired) electrons. The van der Waals surface area contributed by atoms with Crippen LogP contribution in [0.4, 0.5) is 0 Å². The summed E-state index contributed by atoms with van der Waals surface area (Å²) in [5.41, 5.74) is 0.927. The fourth-order valence-electron chi connectivity index (χ4n) is 2.85. The van der Waals surface area contributed by atoms with Gasteiger partial charge >= 0.3 is 20.8 Å². The summed E-state index contributed by atoms with van der Waals surface area (Å²) in [6, 6.07) is 16.9. The van der Waals surface area contributed by atoms with E-state index in [1.165, 1.54) is 42.6 Å². The van der Waals surface area contributed by atoms with E-state index >= 15 is 0 Å². The van der Waals surface area contributed by atoms with Crippen molar-refractivity contribution in [3.05, 3.63) is 89.7 Å². The summed E-state index contributed by atoms with van der Waals surface area (Å²) in [4.78, 5) is 4.27. The van der Waals surface area contributed by atoms with Crippen LogP contribution in [-0.2, 0) is 20.8 Å². The zero-order chi connectivity index (χ0) is 21.1. The molecule has 0 saturated carbocycles. The van der Waals surface area contributed by atoms with Gasteiger partial charge < -0.3 is 8.37 Å². The third-order valence-electron chi connectivity index (χ3n) is 3.83. The predicted octanol–water partition coefficient (Wildman–Crippen LogP) is 2.62. The predicted molar refractivity (Wildman–Crippen MR) is 102 cm³/mol. The minimum Gasteiger partial charge on any atom is -0.361 e. The molecule has 2 N–H and O–H groups in total. The molecule has 0 bridgehead atoms. The molecule has 3 rings (SSSR count). The first-order valence-corrected chi connectivity index (χ1v) is 10.8. The lowest BCUT2D eigenvalue weighted by Crippen LogP contribution is -2.14. The van der Waals surface area contributed by atoms with Gasteiger partial charge in [0.25, 0.3) is 0 Å². The summed E-state index contributed by atoms with van der Waals surface area (Å²) in [5, 5.41) is 0. The summed E-state index contributed by atoms with van der Waals surface area (Å²) in [6.45, 7) is 0. The van der Waals surface area contributed by atoms with Crippen molar-refractivity contribution in [1.29, 1.82) is 0 Å². The number of hydrogen-bond donors (Lipinski definition) is 2. The number of pyridine rings is 1. The van der Waals surface area contributed by atoms with E-state index in [1.54, 1.807) is 30.3 Å². The van der Waals surface area contributed by atoms with Gasteiger partial charge in [0.15, 0.2) is 0 Å². The highest BCUT2D eigenvalue weighted by molar-refractivity contribution is 7.81. The van der Waals surface area contributed by atoms with Crippen molar-refractivity contribution in [1.82, 2.24) is 4.98 Å². The Morgan fingerprint density at radius 1 is 0.690 bits per heavy atom. The summed E-state index contributed by atoms with van der Waals surface area (Å²) in [7, 11) is -9.65. The number of benzene rings is 2. The Hall–Kier alpha value is -2.99. The lowest BCUT2D eigenvalue weighted by molar-refractivity contribution is 0.385. The molecule has 9 nitrogen and oxygen atoms in total. The highest BCUT2D eigenvalue weighted by Gasteiger charge is 2.27. The molecular weight excluding hydrogens is 422 g/mol. The molecule has 1 heterocycles. The number of para-hydroxylation sites is 2. The average Bonchev–Trinajstić information content (AvgIpc) is 2.63. The normalized spacial score (nSPS) is 12.0. The van der Waals surface area contributed by atoms with E-state index in [2.05, 4.69) is 13.4 Å². The molecule has 29 heavy (non-hydrogen) atoms. The summed E-state index contributed by atoms with van der Waals surface area (Å²) < 4.78 is 72.8. The quantitative estimate of drug-likeness (QED) is 0.534. The van der Waals surface area contributed by atoms with Gasteiger partial charge in [0, 0.05) is 17.3 Å². The topological polar surface area (TPSA) is 140 Å². The van der Waals surface area contributed by atoms with Crippen molar-refractivity contribution in [2.24, 2.45) is 0 Å². The van der Waals surface area contributed by atoms with Gasteiger partial charge in [0.1, 0.15) is 11.5 Å². The van der Waals surface area contributed by atoms with Gasteiger partial charge in [-0.2, -0.15) is 16.8 Å². The first-order valence-electron chi connectivity index (χ1n) is 8.06. The first-order chi connectivity index (χ1) is 13.6. The van der Waals surface area contributed by atoms with Gasteiger partial charge in [-0.25, -0.2) is 0 Å². The largest absolute Gasteiger partial charge is 0.446 e. The molecule has 0 unspecified atom stereocenters. The molecule has 0 fully saturated rings. The van der Waals surface area contributed by atoms with Crippen molar-refractivity contribution in [2.45, 2.75) is 5.92 Å². The summed E-state index contributed by atoms with van der Waals surface area (Å²) >= 11 is 0. The molecular formula is C18H15NO8S2. The van der Waals surface area contributed by atoms with Crippen LogP contribution in [0.15, 0.2) is 72.9 Å². The van der Waals surface area contributed by atoms with Crippen molar-refractivity contribution in [3.8, 4) is 11.5 Å². The zero-order valence-corrected chi connectivity index (χ0v) is 16.2. The third kappa shape index (κ3) is 5.51. The molecule has 152 valence electrons. The van der Waals surface area contributed by atoms with E-state index in [1.807, 2.05) is 0 Å². The van der Waals surface area contributed by atoms with E-state index in [0.29, 0.717) is 5.69 Å². The zero-order valence-electron chi connectivity index (χ0n) is 14.6. The molecule has 1 aromatic heterocycles. The number of rotatable bonds is 7. The fourth-order valence-corrected chi connectivity index (χ4v) is 3.61. The van der Waals surface area contributed by atoms with Gasteiger partial charge in [-0.1, -0.05) is 42.5 Å². The third-order valence-corrected chi connectivity index (χ3v) is 4.61. The molecule has 0 aliphatic heterocycles. The molecule has 0 saturated heterocycles. The van der Waals surface area contributed by atoms with Crippen LogP contribution in [0.5, 0.6) is 11.5 Å². The van der Waals surface area contributed by atoms with E-state index in [9.17, 15) is 16.8 Å². The van der Waals surface area contributed by atoms with Gasteiger partial charge in [0.05, 0.1) is 11.6 Å². The van der Waals surface area contributed by atoms with Crippen LogP contribution >= 0.6 is 0 Å². The maximum absolute atomic E-state index is 11.3. The SMILES string of the molecule is O=S(=O)(O)Oc1ccccc1C(c1ccccn1)c1ccccc1OS(=O)(=O)O. The molecule has 0 amide bonds. The monoisotopic (exact) mass is 437 g/mol. The number of nitrogens with zero attached hydrogens (tertiary/aromatic N) is 1. The van der Waals surface area contributed by atoms with Gasteiger partial charge in [-0.15, -0.1) is 0 Å². The summed E-state index contributed by atoms with van der Waals surface area (Å²) in [5.74, 6) is -1.23. The average molecular weight is 437 g/mol. The molecule has 0 aliphatic carbocycles. The van der Waals surface area contributed by atoms with E-state index in [-0.39, 0.29) is 22.6 Å². The van der Waals surface area contributed by atoms with E-state index in [4.69, 9.17) is 9.11 Å². The van der Waals surface area contributed by atoms with Gasteiger partial charge in [-0.05, 0) is 24.3 Å². The molecule has 2 aromatic carbocycles. The standard InChI is InChI=1S/C18H15NO8S2/c20-28(21,22)26-16-10-3-1-7-13(16)18(15-9-5-6-12-19-15)14-8-2-4-11-17(14)27-29(23,24)25/h1-12,18H,(H,20,21,22)(H,23,24,25). The minimum atomic E-state index is -4.82. The maximum Gasteiger partial charge on any atom is 0.446 e. The highest BCUT2D eigenvalue weighted by atomic mass is 32.3. The Balaban J connectivity index is 2.26. The van der Waals surface area contributed by atoms with Crippen LogP contribution in [0.3, 0.4) is 0 Å². The second-order valence-corrected chi connectivity index (χ2v) is 7.83. The van der Waals surface area contributed by atoms with Crippen LogP contribution < -0.4 is 8.37 Å². The summed E-state index contributed by atoms with van der Waals surface area (Å²) in [6.07, 6.45) is 1.50. The van der Waals surface area contributed by atoms with Crippen LogP contribution in [0.2, 0.25) is 0 Å². The smallest absolute Gasteiger partial charge is 0.361 e. The fraction of sp³-hybridized carbons (Fsp3) is 0.0556. The molecule has 3 aromatic rings. The second kappa shape index (κ2) is 8.17. The van der Waals surface area contributed by atoms with Crippen LogP contribution in [0.1, 0.15) is 22.7 Å². The Bertz CT molecular complexity index is 1130. The van der Waals surface area contributed by atoms with Crippen molar-refractivity contribution in [3.63, 3.8) is 0 Å². The van der Waals surface area contributed by atoms with Crippen molar-refractivity contribution >= 4 is 20.8 Å². The van der Waals surface area contributed by atoms with E-state index in [0.717, 1.165) is 0 Å². The highest BCUT2D eigenvalue weighted by Crippen LogP contribution is 2.40. The Morgan fingerprint density at radius 2 is 1.14 bits per heavy atom. The number of hydrogen-bond acceptors (Lipinski definition) is 7. The van der Waals surface area contributed by atoms with Gasteiger partial charge in [-0.3, -0.25) is 14.1 Å². The van der Waals surface area contributed by atoms with E-state index < -0.39 is 26.7 Å². The number of aromatic nitrogens is 1. The molecule has 11 heteroatoms.